The summed E-state index contributed by atoms with van der Waals surface area (Å²) in [6.45, 7) is 4.98. The first kappa shape index (κ1) is 40.9. The predicted octanol–water partition coefficient (Wildman–Crippen LogP) is 18.2. The molecular formula is C70H48N2. The topological polar surface area (TPSA) is 8.17 Å². The van der Waals surface area contributed by atoms with Crippen molar-refractivity contribution >= 4 is 38.9 Å². The Labute approximate surface area is 420 Å². The summed E-state index contributed by atoms with van der Waals surface area (Å²) in [5, 5.41) is 2.62. The van der Waals surface area contributed by atoms with Crippen LogP contribution in [0.1, 0.15) is 47.2 Å². The van der Waals surface area contributed by atoms with Crippen molar-refractivity contribution in [1.82, 2.24) is 4.57 Å². The first-order valence-electron chi connectivity index (χ1n) is 25.3. The Morgan fingerprint density at radius 3 is 1.43 bits per heavy atom. The van der Waals surface area contributed by atoms with Crippen LogP contribution in [-0.4, -0.2) is 4.57 Å². The van der Waals surface area contributed by atoms with Gasteiger partial charge in [-0.1, -0.05) is 208 Å². The Balaban J connectivity index is 0.995. The van der Waals surface area contributed by atoms with Crippen molar-refractivity contribution in [2.45, 2.75) is 24.7 Å². The molecule has 0 aliphatic heterocycles. The highest BCUT2D eigenvalue weighted by Gasteiger charge is 2.54. The molecule has 0 saturated carbocycles. The number of para-hydroxylation sites is 2. The first-order chi connectivity index (χ1) is 35.5. The number of anilines is 3. The van der Waals surface area contributed by atoms with Crippen LogP contribution in [0.4, 0.5) is 17.1 Å². The molecule has 3 aliphatic carbocycles. The lowest BCUT2D eigenvalue weighted by molar-refractivity contribution is 0.667. The maximum Gasteiger partial charge on any atom is 0.0725 e. The molecule has 0 amide bonds. The Morgan fingerprint density at radius 2 is 0.806 bits per heavy atom. The minimum absolute atomic E-state index is 0.363. The lowest BCUT2D eigenvalue weighted by atomic mass is 9.70. The molecule has 1 spiro atoms. The minimum atomic E-state index is -0.506. The van der Waals surface area contributed by atoms with Crippen molar-refractivity contribution < 1.29 is 0 Å². The molecule has 0 bridgehead atoms. The first-order valence-corrected chi connectivity index (χ1v) is 25.3. The van der Waals surface area contributed by atoms with Gasteiger partial charge in [0.1, 0.15) is 0 Å². The number of benzene rings is 11. The van der Waals surface area contributed by atoms with Crippen molar-refractivity contribution in [1.29, 1.82) is 0 Å². The molecule has 15 rings (SSSR count). The summed E-state index contributed by atoms with van der Waals surface area (Å²) in [4.78, 5) is 2.45. The lowest BCUT2D eigenvalue weighted by Gasteiger charge is -2.31. The van der Waals surface area contributed by atoms with Gasteiger partial charge in [0, 0.05) is 38.9 Å². The van der Waals surface area contributed by atoms with Gasteiger partial charge in [0.25, 0.3) is 0 Å². The molecular weight excluding hydrogens is 869 g/mol. The van der Waals surface area contributed by atoms with Crippen LogP contribution < -0.4 is 4.90 Å². The third-order valence-electron chi connectivity index (χ3n) is 16.4. The molecule has 0 atom stereocenters. The zero-order valence-corrected chi connectivity index (χ0v) is 40.1. The third-order valence-corrected chi connectivity index (χ3v) is 16.4. The fourth-order valence-corrected chi connectivity index (χ4v) is 13.5. The molecule has 0 saturated heterocycles. The molecule has 1 heterocycles. The fraction of sp³-hybridized carbons (Fsp3) is 0.0571. The van der Waals surface area contributed by atoms with E-state index in [1.54, 1.807) is 0 Å². The van der Waals surface area contributed by atoms with E-state index in [0.29, 0.717) is 0 Å². The van der Waals surface area contributed by atoms with Gasteiger partial charge in [0.2, 0.25) is 0 Å². The highest BCUT2D eigenvalue weighted by atomic mass is 15.1. The summed E-state index contributed by atoms with van der Waals surface area (Å²) >= 11 is 0. The van der Waals surface area contributed by atoms with E-state index in [9.17, 15) is 0 Å². The van der Waals surface area contributed by atoms with Crippen LogP contribution in [0.2, 0.25) is 0 Å². The summed E-state index contributed by atoms with van der Waals surface area (Å²) in [7, 11) is 0. The molecule has 1 aromatic heterocycles. The summed E-state index contributed by atoms with van der Waals surface area (Å²) in [6, 6.07) is 94.9. The maximum absolute atomic E-state index is 2.53. The van der Waals surface area contributed by atoms with E-state index in [1.807, 2.05) is 0 Å². The number of rotatable bonds is 6. The molecule has 0 radical (unpaired) electrons. The largest absolute Gasteiger partial charge is 0.310 e. The van der Waals surface area contributed by atoms with Gasteiger partial charge in [-0.2, -0.15) is 0 Å². The van der Waals surface area contributed by atoms with Crippen molar-refractivity contribution in [3.63, 3.8) is 0 Å². The van der Waals surface area contributed by atoms with E-state index in [4.69, 9.17) is 0 Å². The van der Waals surface area contributed by atoms with Crippen LogP contribution >= 0.6 is 0 Å². The molecule has 0 unspecified atom stereocenters. The lowest BCUT2D eigenvalue weighted by Crippen LogP contribution is -2.26. The average molecular weight is 917 g/mol. The SMILES string of the molecule is CC1(C)c2c(ccc3c2-c2cc(N(c4ccc(-c5ccccc5)cc4)c4ccc(-c5ccccc5)cc4)ccc2C32c3ccccc3-c3ccccc32)-c2ccc3c(c21)c1ccccc1n3-c1ccccc1. The standard InChI is InChI=1S/C70H48N2/c1-69(2)67-55(56-40-43-64-66(68(56)69)57-26-14-17-29-63(57)72(64)49-22-10-5-11-23-49)39-42-62-65(67)58-44-52(38-41-61(58)70(62)59-27-15-12-24-53(59)54-25-13-16-28-60(54)70)71(50-34-30-47(31-35-50)45-18-6-3-7-19-45)51-36-32-48(33-37-51)46-20-8-4-9-21-46/h3-44H,1-2H3. The van der Waals surface area contributed by atoms with Crippen LogP contribution in [0.15, 0.2) is 255 Å². The molecule has 2 heteroatoms. The van der Waals surface area contributed by atoms with Crippen molar-refractivity contribution in [3.8, 4) is 61.3 Å². The fourth-order valence-electron chi connectivity index (χ4n) is 13.5. The summed E-state index contributed by atoms with van der Waals surface area (Å²) < 4.78 is 2.46. The van der Waals surface area contributed by atoms with Gasteiger partial charge in [0.15, 0.2) is 0 Å². The number of fused-ring (bicyclic) bond motifs is 18. The number of nitrogens with zero attached hydrogens (tertiary/aromatic N) is 2. The summed E-state index contributed by atoms with van der Waals surface area (Å²) in [6.07, 6.45) is 0. The van der Waals surface area contributed by atoms with Gasteiger partial charge in [-0.3, -0.25) is 0 Å². The number of hydrogen-bond acceptors (Lipinski definition) is 1. The minimum Gasteiger partial charge on any atom is -0.310 e. The molecule has 72 heavy (non-hydrogen) atoms. The van der Waals surface area contributed by atoms with Crippen LogP contribution in [0.25, 0.3) is 83.1 Å². The molecule has 3 aliphatic rings. The molecule has 12 aromatic rings. The smallest absolute Gasteiger partial charge is 0.0725 e. The van der Waals surface area contributed by atoms with Gasteiger partial charge < -0.3 is 9.47 Å². The van der Waals surface area contributed by atoms with E-state index < -0.39 is 5.41 Å². The van der Waals surface area contributed by atoms with Crippen LogP contribution in [0, 0.1) is 0 Å². The number of hydrogen-bond donors (Lipinski definition) is 0. The van der Waals surface area contributed by atoms with E-state index in [2.05, 4.69) is 278 Å². The normalized spacial score (nSPS) is 13.9. The third kappa shape index (κ3) is 5.55. The van der Waals surface area contributed by atoms with E-state index in [0.717, 1.165) is 17.1 Å². The van der Waals surface area contributed by atoms with E-state index >= 15 is 0 Å². The second-order valence-corrected chi connectivity index (χ2v) is 20.3. The van der Waals surface area contributed by atoms with Gasteiger partial charge >= 0.3 is 0 Å². The van der Waals surface area contributed by atoms with Gasteiger partial charge in [-0.25, -0.2) is 0 Å². The second kappa shape index (κ2) is 15.3. The molecule has 338 valence electrons. The Bertz CT molecular complexity index is 4020. The van der Waals surface area contributed by atoms with Crippen LogP contribution in [-0.2, 0) is 10.8 Å². The van der Waals surface area contributed by atoms with Gasteiger partial charge in [-0.05, 0) is 150 Å². The predicted molar refractivity (Wildman–Crippen MR) is 300 cm³/mol. The molecule has 0 N–H and O–H groups in total. The average Bonchev–Trinajstić information content (AvgIpc) is 4.12. The maximum atomic E-state index is 2.53. The van der Waals surface area contributed by atoms with E-state index in [-0.39, 0.29) is 5.41 Å². The van der Waals surface area contributed by atoms with Gasteiger partial charge in [-0.15, -0.1) is 0 Å². The summed E-state index contributed by atoms with van der Waals surface area (Å²) in [5.41, 5.74) is 27.0. The second-order valence-electron chi connectivity index (χ2n) is 20.3. The van der Waals surface area contributed by atoms with Crippen molar-refractivity contribution in [3.05, 3.63) is 288 Å². The zero-order chi connectivity index (χ0) is 47.7. The van der Waals surface area contributed by atoms with Crippen LogP contribution in [0.5, 0.6) is 0 Å². The molecule has 11 aromatic carbocycles. The van der Waals surface area contributed by atoms with Crippen molar-refractivity contribution in [2.75, 3.05) is 4.90 Å². The van der Waals surface area contributed by atoms with Crippen LogP contribution in [0.3, 0.4) is 0 Å². The molecule has 0 fully saturated rings. The van der Waals surface area contributed by atoms with E-state index in [1.165, 1.54) is 117 Å². The monoisotopic (exact) mass is 916 g/mol. The molecule has 2 nitrogen and oxygen atoms in total. The number of aromatic nitrogens is 1. The summed E-state index contributed by atoms with van der Waals surface area (Å²) in [5.74, 6) is 0. The Morgan fingerprint density at radius 1 is 0.333 bits per heavy atom. The highest BCUT2D eigenvalue weighted by Crippen LogP contribution is 2.67. The van der Waals surface area contributed by atoms with Gasteiger partial charge in [0.05, 0.1) is 16.4 Å². The van der Waals surface area contributed by atoms with Crippen molar-refractivity contribution in [2.24, 2.45) is 0 Å². The highest BCUT2D eigenvalue weighted by molar-refractivity contribution is 6.15. The quantitative estimate of drug-likeness (QED) is 0.161. The Hall–Kier alpha value is -8.98. The zero-order valence-electron chi connectivity index (χ0n) is 40.1. The Kier molecular flexibility index (Phi) is 8.66.